The Bertz CT molecular complexity index is 1020. The molecule has 2 aromatic rings. The number of carbonyl (C=O) groups excluding carboxylic acids is 1. The van der Waals surface area contributed by atoms with Gasteiger partial charge in [0, 0.05) is 7.05 Å². The van der Waals surface area contributed by atoms with Crippen LogP contribution in [0.3, 0.4) is 0 Å². The number of carbonyl (C=O) groups is 2. The third kappa shape index (κ3) is 4.93. The van der Waals surface area contributed by atoms with Crippen molar-refractivity contribution in [1.82, 2.24) is 4.90 Å². The first-order valence-corrected chi connectivity index (χ1v) is 9.66. The molecule has 0 saturated carbocycles. The molecule has 0 bridgehead atoms. The maximum absolute atomic E-state index is 12.6. The molecule has 1 saturated heterocycles. The molecule has 156 valence electrons. The van der Waals surface area contributed by atoms with Gasteiger partial charge in [0.15, 0.2) is 23.3 Å². The molecule has 9 heteroatoms. The summed E-state index contributed by atoms with van der Waals surface area (Å²) in [4.78, 5) is 29.8. The van der Waals surface area contributed by atoms with Crippen LogP contribution in [0.2, 0.25) is 0 Å². The Kier molecular flexibility index (Phi) is 6.63. The van der Waals surface area contributed by atoms with Crippen LogP contribution in [0.25, 0.3) is 6.08 Å². The van der Waals surface area contributed by atoms with Gasteiger partial charge in [-0.1, -0.05) is 6.07 Å². The zero-order valence-electron chi connectivity index (χ0n) is 16.6. The Morgan fingerprint density at radius 1 is 1.13 bits per heavy atom. The first-order valence-electron chi connectivity index (χ1n) is 8.84. The summed E-state index contributed by atoms with van der Waals surface area (Å²) in [5.74, 6) is 0.168. The number of benzene rings is 2. The topological polar surface area (TPSA) is 97.7 Å². The number of aliphatic carboxylic acids is 1. The molecule has 1 heterocycles. The van der Waals surface area contributed by atoms with Gasteiger partial charge in [-0.25, -0.2) is 9.79 Å². The second-order valence-electron chi connectivity index (χ2n) is 6.16. The number of amidine groups is 1. The summed E-state index contributed by atoms with van der Waals surface area (Å²) in [6.45, 7) is -0.471. The molecule has 1 N–H and O–H groups in total. The maximum Gasteiger partial charge on any atom is 0.341 e. The Morgan fingerprint density at radius 2 is 1.87 bits per heavy atom. The molecule has 1 aliphatic heterocycles. The molecule has 0 aliphatic carbocycles. The largest absolute Gasteiger partial charge is 0.497 e. The van der Waals surface area contributed by atoms with E-state index in [-0.39, 0.29) is 5.91 Å². The van der Waals surface area contributed by atoms with E-state index >= 15 is 0 Å². The van der Waals surface area contributed by atoms with Crippen molar-refractivity contribution in [2.45, 2.75) is 0 Å². The highest BCUT2D eigenvalue weighted by Gasteiger charge is 2.30. The smallest absolute Gasteiger partial charge is 0.341 e. The Morgan fingerprint density at radius 3 is 2.50 bits per heavy atom. The maximum atomic E-state index is 12.6. The second kappa shape index (κ2) is 9.36. The van der Waals surface area contributed by atoms with Crippen molar-refractivity contribution in [1.29, 1.82) is 0 Å². The summed E-state index contributed by atoms with van der Waals surface area (Å²) in [5.41, 5.74) is 1.42. The number of carboxylic acids is 1. The lowest BCUT2D eigenvalue weighted by Crippen LogP contribution is -2.23. The van der Waals surface area contributed by atoms with Gasteiger partial charge in [0.25, 0.3) is 5.91 Å². The Balaban J connectivity index is 1.82. The number of methoxy groups -OCH3 is 2. The van der Waals surface area contributed by atoms with Crippen LogP contribution in [0.15, 0.2) is 52.4 Å². The highest BCUT2D eigenvalue weighted by Crippen LogP contribution is 2.35. The quantitative estimate of drug-likeness (QED) is 0.675. The number of hydrogen-bond acceptors (Lipinski definition) is 7. The van der Waals surface area contributed by atoms with Gasteiger partial charge in [-0.2, -0.15) is 0 Å². The second-order valence-corrected chi connectivity index (χ2v) is 7.17. The molecule has 30 heavy (non-hydrogen) atoms. The molecular weight excluding hydrogens is 408 g/mol. The van der Waals surface area contributed by atoms with Crippen LogP contribution in [0.5, 0.6) is 17.2 Å². The summed E-state index contributed by atoms with van der Waals surface area (Å²) in [6, 6.07) is 12.2. The molecule has 0 unspecified atom stereocenters. The molecule has 1 fully saturated rings. The lowest BCUT2D eigenvalue weighted by Gasteiger charge is -2.09. The van der Waals surface area contributed by atoms with E-state index in [4.69, 9.17) is 19.3 Å². The van der Waals surface area contributed by atoms with E-state index in [1.807, 2.05) is 12.1 Å². The zero-order valence-corrected chi connectivity index (χ0v) is 17.4. The van der Waals surface area contributed by atoms with Crippen LogP contribution in [0.4, 0.5) is 5.69 Å². The monoisotopic (exact) mass is 428 g/mol. The van der Waals surface area contributed by atoms with Crippen LogP contribution in [-0.4, -0.2) is 54.9 Å². The fourth-order valence-electron chi connectivity index (χ4n) is 2.60. The summed E-state index contributed by atoms with van der Waals surface area (Å²) in [6.07, 6.45) is 1.73. The van der Waals surface area contributed by atoms with Crippen LogP contribution in [0.1, 0.15) is 5.56 Å². The van der Waals surface area contributed by atoms with E-state index in [0.29, 0.717) is 32.8 Å². The van der Waals surface area contributed by atoms with Crippen LogP contribution in [0, 0.1) is 0 Å². The predicted molar refractivity (Wildman–Crippen MR) is 115 cm³/mol. The van der Waals surface area contributed by atoms with Crippen molar-refractivity contribution in [2.75, 3.05) is 27.9 Å². The van der Waals surface area contributed by atoms with E-state index < -0.39 is 12.6 Å². The first kappa shape index (κ1) is 21.3. The fourth-order valence-corrected chi connectivity index (χ4v) is 3.59. The molecular formula is C21H20N2O6S. The number of nitrogens with zero attached hydrogens (tertiary/aromatic N) is 2. The van der Waals surface area contributed by atoms with Gasteiger partial charge in [0.1, 0.15) is 5.75 Å². The molecule has 1 aliphatic rings. The molecule has 0 radical (unpaired) electrons. The lowest BCUT2D eigenvalue weighted by atomic mass is 10.2. The van der Waals surface area contributed by atoms with Gasteiger partial charge >= 0.3 is 5.97 Å². The third-order valence-corrected chi connectivity index (χ3v) is 5.20. The van der Waals surface area contributed by atoms with E-state index in [2.05, 4.69) is 4.99 Å². The van der Waals surface area contributed by atoms with E-state index in [9.17, 15) is 9.59 Å². The minimum Gasteiger partial charge on any atom is -0.497 e. The highest BCUT2D eigenvalue weighted by atomic mass is 32.2. The standard InChI is InChI=1S/C21H20N2O6S/c1-23-20(26)18(30-21(23)22-14-5-7-15(27-2)8-6-14)11-13-4-9-16(17(10-13)28-3)29-12-19(24)25/h4-11H,12H2,1-3H3,(H,24,25)/b18-11-,22-21?. The molecule has 0 aromatic heterocycles. The number of aliphatic imine (C=N–C) groups is 1. The number of thioether (sulfide) groups is 1. The summed E-state index contributed by atoms with van der Waals surface area (Å²) < 4.78 is 15.6. The SMILES string of the molecule is COc1ccc(N=C2S/C(=C\c3ccc(OCC(=O)O)c(OC)c3)C(=O)N2C)cc1. The van der Waals surface area contributed by atoms with Crippen molar-refractivity contribution in [2.24, 2.45) is 4.99 Å². The minimum absolute atomic E-state index is 0.169. The number of carboxylic acid groups (broad SMARTS) is 1. The van der Waals surface area contributed by atoms with Gasteiger partial charge in [-0.05, 0) is 59.8 Å². The van der Waals surface area contributed by atoms with Crippen molar-refractivity contribution in [3.8, 4) is 17.2 Å². The van der Waals surface area contributed by atoms with Crippen LogP contribution < -0.4 is 14.2 Å². The molecule has 1 amide bonds. The van der Waals surface area contributed by atoms with Gasteiger partial charge in [-0.15, -0.1) is 0 Å². The summed E-state index contributed by atoms with van der Waals surface area (Å²) >= 11 is 1.26. The minimum atomic E-state index is -1.08. The van der Waals surface area contributed by atoms with Crippen molar-refractivity contribution < 1.29 is 28.9 Å². The average molecular weight is 428 g/mol. The summed E-state index contributed by atoms with van der Waals surface area (Å²) in [5, 5.41) is 9.32. The van der Waals surface area contributed by atoms with E-state index in [0.717, 1.165) is 5.75 Å². The average Bonchev–Trinajstić information content (AvgIpc) is 3.00. The molecule has 3 rings (SSSR count). The fraction of sp³-hybridized carbons (Fsp3) is 0.190. The Labute approximate surface area is 177 Å². The molecule has 8 nitrogen and oxygen atoms in total. The summed E-state index contributed by atoms with van der Waals surface area (Å²) in [7, 11) is 4.72. The first-order chi connectivity index (χ1) is 14.4. The van der Waals surface area contributed by atoms with Gasteiger partial charge in [-0.3, -0.25) is 9.69 Å². The predicted octanol–water partition coefficient (Wildman–Crippen LogP) is 3.40. The zero-order chi connectivity index (χ0) is 21.7. The lowest BCUT2D eigenvalue weighted by molar-refractivity contribution is -0.139. The molecule has 2 aromatic carbocycles. The highest BCUT2D eigenvalue weighted by molar-refractivity contribution is 8.18. The number of ether oxygens (including phenoxy) is 3. The Hall–Kier alpha value is -3.46. The van der Waals surface area contributed by atoms with Gasteiger partial charge in [0.2, 0.25) is 0 Å². The van der Waals surface area contributed by atoms with Crippen molar-refractivity contribution in [3.63, 3.8) is 0 Å². The van der Waals surface area contributed by atoms with E-state index in [1.165, 1.54) is 23.8 Å². The van der Waals surface area contributed by atoms with Crippen LogP contribution >= 0.6 is 11.8 Å². The number of hydrogen-bond donors (Lipinski definition) is 1. The van der Waals surface area contributed by atoms with Crippen LogP contribution in [-0.2, 0) is 9.59 Å². The molecule has 0 spiro atoms. The van der Waals surface area contributed by atoms with Gasteiger partial charge in [0.05, 0.1) is 24.8 Å². The number of amides is 1. The van der Waals surface area contributed by atoms with E-state index in [1.54, 1.807) is 50.6 Å². The number of rotatable bonds is 7. The normalized spacial score (nSPS) is 16.2. The van der Waals surface area contributed by atoms with Crippen molar-refractivity contribution >= 4 is 40.6 Å². The van der Waals surface area contributed by atoms with Gasteiger partial charge < -0.3 is 19.3 Å². The van der Waals surface area contributed by atoms with Crippen molar-refractivity contribution in [3.05, 3.63) is 52.9 Å². The third-order valence-electron chi connectivity index (χ3n) is 4.14. The number of likely N-dealkylation sites (N-methyl/N-ethyl adjacent to an activating group) is 1. The molecule has 0 atom stereocenters.